The van der Waals surface area contributed by atoms with Gasteiger partial charge in [-0.2, -0.15) is 0 Å². The van der Waals surface area contributed by atoms with Gasteiger partial charge >= 0.3 is 0 Å². The van der Waals surface area contributed by atoms with E-state index in [0.29, 0.717) is 12.0 Å². The topological polar surface area (TPSA) is 146 Å². The first kappa shape index (κ1) is 24.9. The van der Waals surface area contributed by atoms with Gasteiger partial charge in [0, 0.05) is 19.0 Å². The van der Waals surface area contributed by atoms with Gasteiger partial charge in [-0.15, -0.1) is 0 Å². The highest BCUT2D eigenvalue weighted by atomic mass is 31.2. The summed E-state index contributed by atoms with van der Waals surface area (Å²) in [7, 11) is -4.80. The predicted molar refractivity (Wildman–Crippen MR) is 108 cm³/mol. The summed E-state index contributed by atoms with van der Waals surface area (Å²) < 4.78 is 34.4. The lowest BCUT2D eigenvalue weighted by Gasteiger charge is -2.31. The number of nitrogens with two attached hydrogens (primary N) is 1. The van der Waals surface area contributed by atoms with Crippen LogP contribution in [0.1, 0.15) is 58.3 Å². The van der Waals surface area contributed by atoms with Crippen LogP contribution in [0.2, 0.25) is 0 Å². The lowest BCUT2D eigenvalue weighted by molar-refractivity contribution is -0.386. The Morgan fingerprint density at radius 3 is 2.63 bits per heavy atom. The molecule has 0 radical (unpaired) electrons. The van der Waals surface area contributed by atoms with Crippen LogP contribution in [0.5, 0.6) is 0 Å². The molecular weight excluding hydrogens is 415 g/mol. The first-order chi connectivity index (χ1) is 13.8. The van der Waals surface area contributed by atoms with Crippen molar-refractivity contribution in [1.29, 1.82) is 0 Å². The van der Waals surface area contributed by atoms with Crippen molar-refractivity contribution in [3.05, 3.63) is 39.4 Å². The lowest BCUT2D eigenvalue weighted by atomic mass is 10.0. The zero-order valence-corrected chi connectivity index (χ0v) is 18.8. The molecule has 0 amide bonds. The molecule has 10 nitrogen and oxygen atoms in total. The molecule has 0 aliphatic carbocycles. The Kier molecular flexibility index (Phi) is 8.15. The number of phosphoric ester groups is 1. The van der Waals surface area contributed by atoms with Crippen LogP contribution in [0.3, 0.4) is 0 Å². The first-order valence-electron chi connectivity index (χ1n) is 9.76. The van der Waals surface area contributed by atoms with Gasteiger partial charge in [0.25, 0.3) is 13.5 Å². The van der Waals surface area contributed by atoms with E-state index in [0.717, 1.165) is 0 Å². The number of ether oxygens (including phenoxy) is 2. The van der Waals surface area contributed by atoms with Gasteiger partial charge in [-0.05, 0) is 46.2 Å². The maximum Gasteiger partial charge on any atom is 0.275 e. The van der Waals surface area contributed by atoms with Crippen LogP contribution in [0.15, 0.2) is 18.2 Å². The molecule has 1 aromatic carbocycles. The Morgan fingerprint density at radius 1 is 1.40 bits per heavy atom. The first-order valence-corrected chi connectivity index (χ1v) is 11.2. The minimum Gasteiger partial charge on any atom is -0.756 e. The van der Waals surface area contributed by atoms with Crippen LogP contribution < -0.4 is 10.6 Å². The fraction of sp³-hybridized carbons (Fsp3) is 0.684. The van der Waals surface area contributed by atoms with Crippen molar-refractivity contribution in [3.8, 4) is 0 Å². The smallest absolute Gasteiger partial charge is 0.275 e. The summed E-state index contributed by atoms with van der Waals surface area (Å²) in [5.74, 6) is 0. The van der Waals surface area contributed by atoms with Crippen LogP contribution in [0.4, 0.5) is 5.69 Å². The van der Waals surface area contributed by atoms with Crippen molar-refractivity contribution in [1.82, 2.24) is 0 Å². The van der Waals surface area contributed by atoms with Crippen molar-refractivity contribution in [3.63, 3.8) is 0 Å². The SMILES string of the molecule is CC(OP(=O)([O-])OC1C[C@H](C)O[C@@H]1COC(C)(C)C)c1cc(CN)ccc1[N+](=O)[O-]. The van der Waals surface area contributed by atoms with E-state index in [4.69, 9.17) is 24.3 Å². The van der Waals surface area contributed by atoms with Crippen molar-refractivity contribution < 1.29 is 32.9 Å². The number of rotatable bonds is 9. The van der Waals surface area contributed by atoms with E-state index in [9.17, 15) is 19.6 Å². The molecule has 11 heteroatoms. The maximum absolute atomic E-state index is 12.6. The normalized spacial score (nSPS) is 25.1. The van der Waals surface area contributed by atoms with Gasteiger partial charge < -0.3 is 29.1 Å². The van der Waals surface area contributed by atoms with Gasteiger partial charge in [-0.3, -0.25) is 14.7 Å². The Morgan fingerprint density at radius 2 is 2.07 bits per heavy atom. The van der Waals surface area contributed by atoms with Gasteiger partial charge in [0.2, 0.25) is 0 Å². The second-order valence-corrected chi connectivity index (χ2v) is 9.65. The second-order valence-electron chi connectivity index (χ2n) is 8.34. The summed E-state index contributed by atoms with van der Waals surface area (Å²) in [4.78, 5) is 23.3. The molecule has 1 aliphatic heterocycles. The van der Waals surface area contributed by atoms with Gasteiger partial charge in [0.15, 0.2) is 0 Å². The van der Waals surface area contributed by atoms with E-state index in [1.54, 1.807) is 0 Å². The van der Waals surface area contributed by atoms with Crippen LogP contribution in [0, 0.1) is 10.1 Å². The average Bonchev–Trinajstić information content (AvgIpc) is 2.96. The molecule has 0 bridgehead atoms. The van der Waals surface area contributed by atoms with Crippen molar-refractivity contribution >= 4 is 13.5 Å². The summed E-state index contributed by atoms with van der Waals surface area (Å²) in [5, 5.41) is 11.3. The second kappa shape index (κ2) is 9.82. The molecule has 2 N–H and O–H groups in total. The fourth-order valence-corrected chi connectivity index (χ4v) is 4.28. The third-order valence-corrected chi connectivity index (χ3v) is 5.68. The minimum absolute atomic E-state index is 0.103. The molecule has 3 unspecified atom stereocenters. The van der Waals surface area contributed by atoms with E-state index < -0.39 is 36.7 Å². The van der Waals surface area contributed by atoms with E-state index in [1.807, 2.05) is 27.7 Å². The highest BCUT2D eigenvalue weighted by molar-refractivity contribution is 7.45. The van der Waals surface area contributed by atoms with Crippen LogP contribution in [-0.2, 0) is 29.6 Å². The zero-order chi connectivity index (χ0) is 22.7. The average molecular weight is 445 g/mol. The molecule has 30 heavy (non-hydrogen) atoms. The van der Waals surface area contributed by atoms with Crippen molar-refractivity contribution in [2.45, 2.75) is 77.6 Å². The molecule has 0 spiro atoms. The molecule has 5 atom stereocenters. The van der Waals surface area contributed by atoms with Crippen molar-refractivity contribution in [2.75, 3.05) is 6.61 Å². The van der Waals surface area contributed by atoms with Gasteiger partial charge in [0.1, 0.15) is 6.10 Å². The Hall–Kier alpha value is -1.39. The van der Waals surface area contributed by atoms with Crippen LogP contribution in [0.25, 0.3) is 0 Å². The molecule has 0 saturated carbocycles. The highest BCUT2D eigenvalue weighted by Gasteiger charge is 2.38. The van der Waals surface area contributed by atoms with Gasteiger partial charge in [-0.1, -0.05) is 6.07 Å². The van der Waals surface area contributed by atoms with Crippen LogP contribution >= 0.6 is 7.82 Å². The summed E-state index contributed by atoms with van der Waals surface area (Å²) in [6.07, 6.45) is -2.34. The molecular formula is C19H30N2O8P-. The van der Waals surface area contributed by atoms with E-state index in [2.05, 4.69) is 0 Å². The number of hydrogen-bond donors (Lipinski definition) is 1. The molecule has 1 fully saturated rings. The Balaban J connectivity index is 2.12. The Bertz CT molecular complexity index is 797. The molecule has 0 aromatic heterocycles. The predicted octanol–water partition coefficient (Wildman–Crippen LogP) is 2.98. The number of hydrogen-bond acceptors (Lipinski definition) is 9. The monoisotopic (exact) mass is 445 g/mol. The number of nitro benzene ring substituents is 1. The summed E-state index contributed by atoms with van der Waals surface area (Å²) >= 11 is 0. The quantitative estimate of drug-likeness (QED) is 0.344. The Labute approximate surface area is 176 Å². The third-order valence-electron chi connectivity index (χ3n) is 4.58. The number of nitrogens with zero attached hydrogens (tertiary/aromatic N) is 1. The highest BCUT2D eigenvalue weighted by Crippen LogP contribution is 2.48. The van der Waals surface area contributed by atoms with Gasteiger partial charge in [-0.25, -0.2) is 0 Å². The minimum atomic E-state index is -4.80. The fourth-order valence-electron chi connectivity index (χ4n) is 3.17. The number of phosphoric acid groups is 1. The summed E-state index contributed by atoms with van der Waals surface area (Å²) in [6.45, 7) is 9.18. The molecule has 1 aromatic rings. The largest absolute Gasteiger partial charge is 0.756 e. The maximum atomic E-state index is 12.6. The van der Waals surface area contributed by atoms with E-state index >= 15 is 0 Å². The van der Waals surface area contributed by atoms with Crippen molar-refractivity contribution in [2.24, 2.45) is 5.73 Å². The molecule has 170 valence electrons. The molecule has 1 aliphatic rings. The van der Waals surface area contributed by atoms with Gasteiger partial charge in [0.05, 0.1) is 41.0 Å². The summed E-state index contributed by atoms with van der Waals surface area (Å²) in [6, 6.07) is 4.25. The van der Waals surface area contributed by atoms with E-state index in [1.165, 1.54) is 25.1 Å². The standard InChI is InChI=1S/C19H31N2O8P/c1-12-8-17(18(27-12)11-26-19(3,4)5)29-30(24,25)28-13(2)15-9-14(10-20)6-7-16(15)21(22)23/h6-7,9,12-13,17-18H,8,10-11,20H2,1-5H3,(H,24,25)/p-1/t12-,13?,17?,18+/m0/s1. The number of nitro groups is 1. The third kappa shape index (κ3) is 7.09. The number of benzene rings is 1. The zero-order valence-electron chi connectivity index (χ0n) is 17.9. The van der Waals surface area contributed by atoms with E-state index in [-0.39, 0.29) is 30.5 Å². The lowest BCUT2D eigenvalue weighted by Crippen LogP contribution is -2.34. The molecule has 1 heterocycles. The van der Waals surface area contributed by atoms with Crippen LogP contribution in [-0.4, -0.2) is 35.4 Å². The molecule has 1 saturated heterocycles. The summed E-state index contributed by atoms with van der Waals surface area (Å²) in [5.41, 5.74) is 5.64. The molecule has 2 rings (SSSR count).